The van der Waals surface area contributed by atoms with Crippen LogP contribution in [0, 0.1) is 5.92 Å². The summed E-state index contributed by atoms with van der Waals surface area (Å²) in [7, 11) is 0. The van der Waals surface area contributed by atoms with E-state index in [2.05, 4.69) is 24.1 Å². The van der Waals surface area contributed by atoms with E-state index in [1.807, 2.05) is 31.2 Å². The van der Waals surface area contributed by atoms with E-state index >= 15 is 0 Å². The van der Waals surface area contributed by atoms with Crippen LogP contribution in [0.3, 0.4) is 0 Å². The van der Waals surface area contributed by atoms with Gasteiger partial charge in [-0.2, -0.15) is 0 Å². The summed E-state index contributed by atoms with van der Waals surface area (Å²) in [5.41, 5.74) is 7.61. The first-order valence-electron chi connectivity index (χ1n) is 6.98. The van der Waals surface area contributed by atoms with E-state index in [9.17, 15) is 5.11 Å². The quantitative estimate of drug-likeness (QED) is 0.732. The van der Waals surface area contributed by atoms with Crippen molar-refractivity contribution in [1.82, 2.24) is 4.98 Å². The Bertz CT molecular complexity index is 593. The minimum atomic E-state index is -0.732. The molecule has 0 radical (unpaired) electrons. The molecule has 0 bridgehead atoms. The van der Waals surface area contributed by atoms with Gasteiger partial charge in [0, 0.05) is 23.8 Å². The number of hydrogen-bond acceptors (Lipinski definition) is 4. The molecule has 4 nitrogen and oxygen atoms in total. The highest BCUT2D eigenvalue weighted by molar-refractivity contribution is 5.98. The van der Waals surface area contributed by atoms with Crippen molar-refractivity contribution in [2.45, 2.75) is 32.8 Å². The molecular formula is C16H23N3O. The van der Waals surface area contributed by atoms with Gasteiger partial charge in [0.1, 0.15) is 0 Å². The van der Waals surface area contributed by atoms with E-state index in [0.29, 0.717) is 18.2 Å². The van der Waals surface area contributed by atoms with Gasteiger partial charge in [-0.3, -0.25) is 4.98 Å². The van der Waals surface area contributed by atoms with Crippen LogP contribution in [0.1, 0.15) is 27.2 Å². The maximum Gasteiger partial charge on any atom is 0.0951 e. The molecule has 0 aliphatic rings. The molecule has 1 heterocycles. The third kappa shape index (κ3) is 3.39. The monoisotopic (exact) mass is 273 g/mol. The largest absolute Gasteiger partial charge is 0.397 e. The molecule has 20 heavy (non-hydrogen) atoms. The molecule has 1 atom stereocenters. The van der Waals surface area contributed by atoms with E-state index in [-0.39, 0.29) is 0 Å². The van der Waals surface area contributed by atoms with Gasteiger partial charge in [-0.05, 0) is 43.5 Å². The molecule has 0 spiro atoms. The van der Waals surface area contributed by atoms with Gasteiger partial charge >= 0.3 is 0 Å². The van der Waals surface area contributed by atoms with Gasteiger partial charge in [0.25, 0.3) is 0 Å². The van der Waals surface area contributed by atoms with Crippen molar-refractivity contribution in [3.63, 3.8) is 0 Å². The van der Waals surface area contributed by atoms with E-state index in [0.717, 1.165) is 23.0 Å². The number of anilines is 2. The Morgan fingerprint density at radius 3 is 2.80 bits per heavy atom. The molecule has 0 amide bonds. The Labute approximate surface area is 120 Å². The number of nitrogens with two attached hydrogens (primary N) is 1. The number of rotatable bonds is 5. The normalized spacial score (nSPS) is 14.4. The van der Waals surface area contributed by atoms with Gasteiger partial charge in [-0.15, -0.1) is 0 Å². The van der Waals surface area contributed by atoms with Gasteiger partial charge in [0.05, 0.1) is 16.8 Å². The molecule has 0 aliphatic carbocycles. The molecule has 2 rings (SSSR count). The number of nitrogens with zero attached hydrogens (tertiary/aromatic N) is 1. The molecule has 2 aromatic rings. The summed E-state index contributed by atoms with van der Waals surface area (Å²) in [6, 6.07) is 7.65. The molecule has 4 N–H and O–H groups in total. The molecule has 0 saturated carbocycles. The SMILES string of the molecule is CC(C)CC(C)(O)CNc1ccc(N)c2ncccc12. The minimum absolute atomic E-state index is 0.455. The number of aromatic nitrogens is 1. The lowest BCUT2D eigenvalue weighted by Gasteiger charge is -2.26. The summed E-state index contributed by atoms with van der Waals surface area (Å²) in [6.07, 6.45) is 2.49. The number of hydrogen-bond donors (Lipinski definition) is 3. The molecule has 4 heteroatoms. The lowest BCUT2D eigenvalue weighted by molar-refractivity contribution is 0.0516. The standard InChI is InChI=1S/C16H23N3O/c1-11(2)9-16(3,20)10-19-14-7-6-13(17)15-12(14)5-4-8-18-15/h4-8,11,19-20H,9-10,17H2,1-3H3. The predicted octanol–water partition coefficient (Wildman–Crippen LogP) is 3.03. The second-order valence-electron chi connectivity index (χ2n) is 6.05. The number of nitrogen functional groups attached to an aromatic ring is 1. The lowest BCUT2D eigenvalue weighted by Crippen LogP contribution is -2.34. The van der Waals surface area contributed by atoms with Crippen LogP contribution in [-0.4, -0.2) is 22.2 Å². The summed E-state index contributed by atoms with van der Waals surface area (Å²) in [4.78, 5) is 4.31. The zero-order valence-corrected chi connectivity index (χ0v) is 12.4. The van der Waals surface area contributed by atoms with Crippen molar-refractivity contribution in [2.24, 2.45) is 5.92 Å². The highest BCUT2D eigenvalue weighted by Gasteiger charge is 2.21. The fraction of sp³-hybridized carbons (Fsp3) is 0.438. The highest BCUT2D eigenvalue weighted by atomic mass is 16.3. The summed E-state index contributed by atoms with van der Waals surface area (Å²) < 4.78 is 0. The average Bonchev–Trinajstić information content (AvgIpc) is 2.37. The van der Waals surface area contributed by atoms with Crippen LogP contribution in [-0.2, 0) is 0 Å². The maximum absolute atomic E-state index is 10.4. The summed E-state index contributed by atoms with van der Waals surface area (Å²) in [5, 5.41) is 14.7. The Morgan fingerprint density at radius 2 is 2.10 bits per heavy atom. The van der Waals surface area contributed by atoms with Crippen LogP contribution in [0.4, 0.5) is 11.4 Å². The first-order valence-corrected chi connectivity index (χ1v) is 6.98. The van der Waals surface area contributed by atoms with Gasteiger partial charge < -0.3 is 16.2 Å². The number of pyridine rings is 1. The van der Waals surface area contributed by atoms with Gasteiger partial charge in [0.2, 0.25) is 0 Å². The van der Waals surface area contributed by atoms with Crippen molar-refractivity contribution >= 4 is 22.3 Å². The summed E-state index contributed by atoms with van der Waals surface area (Å²) in [5.74, 6) is 0.455. The summed E-state index contributed by atoms with van der Waals surface area (Å²) >= 11 is 0. The number of aliphatic hydroxyl groups is 1. The van der Waals surface area contributed by atoms with Crippen molar-refractivity contribution < 1.29 is 5.11 Å². The molecule has 1 aromatic carbocycles. The zero-order chi connectivity index (χ0) is 14.8. The topological polar surface area (TPSA) is 71.2 Å². The van der Waals surface area contributed by atoms with E-state index in [1.165, 1.54) is 0 Å². The molecule has 0 fully saturated rings. The Kier molecular flexibility index (Phi) is 4.14. The molecule has 1 unspecified atom stereocenters. The van der Waals surface area contributed by atoms with Gasteiger partial charge in [0.15, 0.2) is 0 Å². The molecular weight excluding hydrogens is 250 g/mol. The average molecular weight is 273 g/mol. The third-order valence-corrected chi connectivity index (χ3v) is 3.31. The van der Waals surface area contributed by atoms with Crippen molar-refractivity contribution in [3.8, 4) is 0 Å². The van der Waals surface area contributed by atoms with Gasteiger partial charge in [-0.25, -0.2) is 0 Å². The van der Waals surface area contributed by atoms with Crippen molar-refractivity contribution in [1.29, 1.82) is 0 Å². The van der Waals surface area contributed by atoms with Crippen LogP contribution >= 0.6 is 0 Å². The second kappa shape index (κ2) is 5.67. The Balaban J connectivity index is 2.21. The first kappa shape index (κ1) is 14.6. The Morgan fingerprint density at radius 1 is 1.35 bits per heavy atom. The van der Waals surface area contributed by atoms with Crippen LogP contribution in [0.2, 0.25) is 0 Å². The minimum Gasteiger partial charge on any atom is -0.397 e. The third-order valence-electron chi connectivity index (χ3n) is 3.31. The zero-order valence-electron chi connectivity index (χ0n) is 12.4. The molecule has 0 saturated heterocycles. The fourth-order valence-electron chi connectivity index (χ4n) is 2.59. The number of fused-ring (bicyclic) bond motifs is 1. The second-order valence-corrected chi connectivity index (χ2v) is 6.05. The van der Waals surface area contributed by atoms with E-state index in [1.54, 1.807) is 6.20 Å². The van der Waals surface area contributed by atoms with Crippen LogP contribution in [0.5, 0.6) is 0 Å². The van der Waals surface area contributed by atoms with Crippen LogP contribution in [0.15, 0.2) is 30.5 Å². The number of benzene rings is 1. The predicted molar refractivity (Wildman–Crippen MR) is 84.7 cm³/mol. The van der Waals surface area contributed by atoms with Gasteiger partial charge in [-0.1, -0.05) is 13.8 Å². The van der Waals surface area contributed by atoms with Crippen LogP contribution < -0.4 is 11.1 Å². The lowest BCUT2D eigenvalue weighted by atomic mass is 9.94. The van der Waals surface area contributed by atoms with Crippen LogP contribution in [0.25, 0.3) is 10.9 Å². The highest BCUT2D eigenvalue weighted by Crippen LogP contribution is 2.27. The van der Waals surface area contributed by atoms with Crippen molar-refractivity contribution in [2.75, 3.05) is 17.6 Å². The molecule has 1 aromatic heterocycles. The fourth-order valence-corrected chi connectivity index (χ4v) is 2.59. The molecule has 108 valence electrons. The Hall–Kier alpha value is -1.81. The van der Waals surface area contributed by atoms with E-state index < -0.39 is 5.60 Å². The summed E-state index contributed by atoms with van der Waals surface area (Å²) in [6.45, 7) is 6.57. The van der Waals surface area contributed by atoms with E-state index in [4.69, 9.17) is 5.73 Å². The molecule has 0 aliphatic heterocycles. The maximum atomic E-state index is 10.4. The number of nitrogens with one attached hydrogen (secondary N) is 1. The van der Waals surface area contributed by atoms with Crippen molar-refractivity contribution in [3.05, 3.63) is 30.5 Å². The first-order chi connectivity index (χ1) is 9.39. The smallest absolute Gasteiger partial charge is 0.0951 e.